The van der Waals surface area contributed by atoms with Crippen LogP contribution in [0.25, 0.3) is 0 Å². The topological polar surface area (TPSA) is 35.5 Å². The smallest absolute Gasteiger partial charge is 0.332 e. The van der Waals surface area contributed by atoms with E-state index in [-0.39, 0.29) is 5.97 Å². The Morgan fingerprint density at radius 2 is 2.00 bits per heavy atom. The van der Waals surface area contributed by atoms with E-state index < -0.39 is 0 Å². The maximum absolute atomic E-state index is 10.2. The molecule has 0 bridgehead atoms. The van der Waals surface area contributed by atoms with Crippen molar-refractivity contribution >= 4 is 5.97 Å². The summed E-state index contributed by atoms with van der Waals surface area (Å²) in [5.41, 5.74) is 0.433. The van der Waals surface area contributed by atoms with E-state index in [1.54, 1.807) is 14.0 Å². The highest BCUT2D eigenvalue weighted by atomic mass is 16.5. The molecule has 76 valence electrons. The zero-order chi connectivity index (χ0) is 10.3. The van der Waals surface area contributed by atoms with Crippen molar-refractivity contribution in [3.8, 4) is 0 Å². The van der Waals surface area contributed by atoms with Gasteiger partial charge in [-0.15, -0.1) is 0 Å². The lowest BCUT2D eigenvalue weighted by Crippen LogP contribution is -1.98. The number of carbonyl (C=O) groups is 1. The van der Waals surface area contributed by atoms with E-state index in [0.717, 1.165) is 12.5 Å². The lowest BCUT2D eigenvalue weighted by molar-refractivity contribution is -0.136. The zero-order valence-corrected chi connectivity index (χ0v) is 8.63. The first kappa shape index (κ1) is 12.2. The summed E-state index contributed by atoms with van der Waals surface area (Å²) in [6.07, 6.45) is 2.79. The van der Waals surface area contributed by atoms with Crippen molar-refractivity contribution in [2.24, 2.45) is 5.92 Å². The van der Waals surface area contributed by atoms with Crippen LogP contribution in [-0.4, -0.2) is 26.8 Å². The molecule has 0 aromatic rings. The second-order valence-electron chi connectivity index (χ2n) is 3.17. The number of hydrogen-bond acceptors (Lipinski definition) is 3. The van der Waals surface area contributed by atoms with Crippen LogP contribution in [0.15, 0.2) is 12.2 Å². The summed E-state index contributed by atoms with van der Waals surface area (Å²) in [7, 11) is 3.09. The van der Waals surface area contributed by atoms with Gasteiger partial charge in [-0.05, 0) is 25.7 Å². The van der Waals surface area contributed by atoms with Crippen LogP contribution in [0.1, 0.15) is 19.8 Å². The molecule has 1 aliphatic rings. The van der Waals surface area contributed by atoms with Gasteiger partial charge < -0.3 is 9.47 Å². The van der Waals surface area contributed by atoms with Crippen molar-refractivity contribution in [1.29, 1.82) is 0 Å². The van der Waals surface area contributed by atoms with Crippen molar-refractivity contribution in [3.63, 3.8) is 0 Å². The van der Waals surface area contributed by atoms with Gasteiger partial charge in [0.05, 0.1) is 7.11 Å². The molecule has 1 rings (SSSR count). The fourth-order valence-corrected chi connectivity index (χ4v) is 0.694. The average molecular weight is 186 g/mol. The Labute approximate surface area is 79.7 Å². The number of methoxy groups -OCH3 is 2. The van der Waals surface area contributed by atoms with Crippen LogP contribution in [-0.2, 0) is 14.3 Å². The maximum atomic E-state index is 10.2. The molecule has 0 heterocycles. The SMILES string of the molecule is C=C(C)C(=O)OC.COCC1CC1. The summed E-state index contributed by atoms with van der Waals surface area (Å²) in [5, 5.41) is 0. The molecule has 1 saturated carbocycles. The second kappa shape index (κ2) is 6.66. The van der Waals surface area contributed by atoms with Gasteiger partial charge in [-0.2, -0.15) is 0 Å². The van der Waals surface area contributed by atoms with Crippen LogP contribution < -0.4 is 0 Å². The number of ether oxygens (including phenoxy) is 2. The largest absolute Gasteiger partial charge is 0.466 e. The van der Waals surface area contributed by atoms with E-state index in [0.29, 0.717) is 5.57 Å². The molecule has 3 nitrogen and oxygen atoms in total. The first-order chi connectivity index (χ1) is 6.11. The normalized spacial score (nSPS) is 14.1. The van der Waals surface area contributed by atoms with E-state index in [4.69, 9.17) is 4.74 Å². The summed E-state index contributed by atoms with van der Waals surface area (Å²) in [5.74, 6) is 0.579. The van der Waals surface area contributed by atoms with E-state index in [9.17, 15) is 4.79 Å². The standard InChI is InChI=1S/C5H8O2.C5H10O/c1-4(2)5(6)7-3;1-6-4-5-2-3-5/h1H2,2-3H3;5H,2-4H2,1H3. The van der Waals surface area contributed by atoms with Crippen LogP contribution in [0.4, 0.5) is 0 Å². The van der Waals surface area contributed by atoms with E-state index in [1.807, 2.05) is 0 Å². The summed E-state index contributed by atoms with van der Waals surface area (Å²) in [6, 6.07) is 0. The minimum absolute atomic E-state index is 0.347. The maximum Gasteiger partial charge on any atom is 0.332 e. The fourth-order valence-electron chi connectivity index (χ4n) is 0.694. The molecule has 0 amide bonds. The Bertz CT molecular complexity index is 171. The van der Waals surface area contributed by atoms with Crippen LogP contribution >= 0.6 is 0 Å². The van der Waals surface area contributed by atoms with Crippen LogP contribution in [0.3, 0.4) is 0 Å². The summed E-state index contributed by atoms with van der Waals surface area (Å²) in [4.78, 5) is 10.2. The van der Waals surface area contributed by atoms with E-state index >= 15 is 0 Å². The molecule has 0 N–H and O–H groups in total. The average Bonchev–Trinajstić information content (AvgIpc) is 2.88. The molecule has 0 spiro atoms. The van der Waals surface area contributed by atoms with Crippen molar-refractivity contribution < 1.29 is 14.3 Å². The van der Waals surface area contributed by atoms with Crippen LogP contribution in [0.2, 0.25) is 0 Å². The Morgan fingerprint density at radius 3 is 2.08 bits per heavy atom. The Hall–Kier alpha value is -0.830. The Morgan fingerprint density at radius 1 is 1.46 bits per heavy atom. The van der Waals surface area contributed by atoms with Gasteiger partial charge in [-0.1, -0.05) is 6.58 Å². The van der Waals surface area contributed by atoms with Gasteiger partial charge in [0.25, 0.3) is 0 Å². The van der Waals surface area contributed by atoms with Gasteiger partial charge in [0.2, 0.25) is 0 Å². The van der Waals surface area contributed by atoms with Crippen LogP contribution in [0, 0.1) is 5.92 Å². The Balaban J connectivity index is 0.000000223. The Kier molecular flexibility index (Phi) is 6.24. The van der Waals surface area contributed by atoms with Crippen molar-refractivity contribution in [2.75, 3.05) is 20.8 Å². The molecule has 0 aromatic carbocycles. The van der Waals surface area contributed by atoms with Crippen molar-refractivity contribution in [3.05, 3.63) is 12.2 Å². The predicted octanol–water partition coefficient (Wildman–Crippen LogP) is 1.78. The minimum atomic E-state index is -0.347. The van der Waals surface area contributed by atoms with Gasteiger partial charge in [0.1, 0.15) is 0 Å². The minimum Gasteiger partial charge on any atom is -0.466 e. The van der Waals surface area contributed by atoms with Gasteiger partial charge in [0.15, 0.2) is 0 Å². The van der Waals surface area contributed by atoms with Crippen molar-refractivity contribution in [2.45, 2.75) is 19.8 Å². The highest BCUT2D eigenvalue weighted by Gasteiger charge is 2.19. The molecule has 0 unspecified atom stereocenters. The molecule has 0 radical (unpaired) electrons. The lowest BCUT2D eigenvalue weighted by Gasteiger charge is -1.91. The van der Waals surface area contributed by atoms with E-state index in [1.165, 1.54) is 20.0 Å². The predicted molar refractivity (Wildman–Crippen MR) is 51.4 cm³/mol. The molecule has 0 saturated heterocycles. The third-order valence-electron chi connectivity index (χ3n) is 1.63. The van der Waals surface area contributed by atoms with E-state index in [2.05, 4.69) is 11.3 Å². The van der Waals surface area contributed by atoms with Gasteiger partial charge in [-0.3, -0.25) is 0 Å². The zero-order valence-electron chi connectivity index (χ0n) is 8.63. The van der Waals surface area contributed by atoms with Gasteiger partial charge >= 0.3 is 5.97 Å². The fraction of sp³-hybridized carbons (Fsp3) is 0.700. The number of carbonyl (C=O) groups excluding carboxylic acids is 1. The summed E-state index contributed by atoms with van der Waals surface area (Å²) >= 11 is 0. The first-order valence-corrected chi connectivity index (χ1v) is 4.34. The molecular weight excluding hydrogens is 168 g/mol. The molecule has 1 aliphatic carbocycles. The molecule has 1 fully saturated rings. The number of esters is 1. The monoisotopic (exact) mass is 186 g/mol. The third kappa shape index (κ3) is 7.53. The third-order valence-corrected chi connectivity index (χ3v) is 1.63. The molecule has 0 aliphatic heterocycles. The summed E-state index contributed by atoms with van der Waals surface area (Å²) in [6.45, 7) is 5.94. The van der Waals surface area contributed by atoms with Crippen molar-refractivity contribution in [1.82, 2.24) is 0 Å². The number of rotatable bonds is 3. The second-order valence-corrected chi connectivity index (χ2v) is 3.17. The highest BCUT2D eigenvalue weighted by molar-refractivity contribution is 5.86. The lowest BCUT2D eigenvalue weighted by atomic mass is 10.4. The first-order valence-electron chi connectivity index (χ1n) is 4.34. The van der Waals surface area contributed by atoms with Gasteiger partial charge in [-0.25, -0.2) is 4.79 Å². The highest BCUT2D eigenvalue weighted by Crippen LogP contribution is 2.28. The number of hydrogen-bond donors (Lipinski definition) is 0. The molecule has 0 aromatic heterocycles. The van der Waals surface area contributed by atoms with Gasteiger partial charge in [0, 0.05) is 19.3 Å². The molecule has 0 atom stereocenters. The molecular formula is C10H18O3. The molecule has 3 heteroatoms. The van der Waals surface area contributed by atoms with Crippen LogP contribution in [0.5, 0.6) is 0 Å². The molecule has 13 heavy (non-hydrogen) atoms. The quantitative estimate of drug-likeness (QED) is 0.498. The summed E-state index contributed by atoms with van der Waals surface area (Å²) < 4.78 is 9.14.